The molecule has 0 aromatic heterocycles. The Morgan fingerprint density at radius 1 is 0.926 bits per heavy atom. The highest BCUT2D eigenvalue weighted by molar-refractivity contribution is 6.23. The monoisotopic (exact) mass is 355 g/mol. The van der Waals surface area contributed by atoms with Crippen LogP contribution in [0.1, 0.15) is 31.2 Å². The molecule has 27 heavy (non-hydrogen) atoms. The minimum Gasteiger partial charge on any atom is -0.511 e. The first-order valence-electron chi connectivity index (χ1n) is 9.16. The van der Waals surface area contributed by atoms with Gasteiger partial charge in [-0.3, -0.25) is 9.79 Å². The van der Waals surface area contributed by atoms with E-state index in [1.807, 2.05) is 66.7 Å². The Labute approximate surface area is 158 Å². The topological polar surface area (TPSA) is 49.7 Å². The summed E-state index contributed by atoms with van der Waals surface area (Å²) in [4.78, 5) is 17.3. The van der Waals surface area contributed by atoms with Crippen molar-refractivity contribution in [2.45, 2.75) is 25.7 Å². The van der Waals surface area contributed by atoms with Gasteiger partial charge >= 0.3 is 0 Å². The van der Waals surface area contributed by atoms with Crippen LogP contribution in [0.5, 0.6) is 0 Å². The lowest BCUT2D eigenvalue weighted by molar-refractivity contribution is -0.116. The van der Waals surface area contributed by atoms with Crippen LogP contribution in [0.4, 0.5) is 5.69 Å². The van der Waals surface area contributed by atoms with Crippen molar-refractivity contribution in [1.82, 2.24) is 0 Å². The number of hydrogen-bond acceptors (Lipinski definition) is 3. The highest BCUT2D eigenvalue weighted by Crippen LogP contribution is 2.34. The van der Waals surface area contributed by atoms with Gasteiger partial charge in [0.05, 0.1) is 17.0 Å². The largest absolute Gasteiger partial charge is 0.511 e. The van der Waals surface area contributed by atoms with Gasteiger partial charge in [-0.05, 0) is 41.3 Å². The molecule has 0 aliphatic heterocycles. The van der Waals surface area contributed by atoms with Gasteiger partial charge in [-0.1, -0.05) is 60.7 Å². The second kappa shape index (κ2) is 7.20. The van der Waals surface area contributed by atoms with E-state index < -0.39 is 0 Å². The quantitative estimate of drug-likeness (QED) is 0.595. The highest BCUT2D eigenvalue weighted by Gasteiger charge is 2.29. The number of carbonyl (C=O) groups excluding carboxylic acids is 1. The van der Waals surface area contributed by atoms with Gasteiger partial charge in [0.1, 0.15) is 5.76 Å². The van der Waals surface area contributed by atoms with Crippen molar-refractivity contribution in [2.75, 3.05) is 0 Å². The predicted octanol–water partition coefficient (Wildman–Crippen LogP) is 5.89. The van der Waals surface area contributed by atoms with Crippen LogP contribution < -0.4 is 0 Å². The van der Waals surface area contributed by atoms with Crippen molar-refractivity contribution in [3.8, 4) is 0 Å². The predicted molar refractivity (Wildman–Crippen MR) is 110 cm³/mol. The number of fused-ring (bicyclic) bond motifs is 1. The molecule has 3 aromatic carbocycles. The number of hydrogen-bond donors (Lipinski definition) is 1. The fraction of sp³-hybridized carbons (Fsp3) is 0.167. The molecule has 0 spiro atoms. The van der Waals surface area contributed by atoms with E-state index >= 15 is 0 Å². The number of aliphatic hydroxyl groups excluding tert-OH is 1. The second-order valence-electron chi connectivity index (χ2n) is 6.99. The molecule has 0 radical (unpaired) electrons. The fourth-order valence-electron chi connectivity index (χ4n) is 3.76. The first kappa shape index (κ1) is 17.2. The zero-order chi connectivity index (χ0) is 18.8. The van der Waals surface area contributed by atoms with Gasteiger partial charge in [-0.2, -0.15) is 0 Å². The molecule has 0 saturated carbocycles. The molecule has 3 heteroatoms. The summed E-state index contributed by atoms with van der Waals surface area (Å²) in [5, 5.41) is 12.8. The Morgan fingerprint density at radius 2 is 1.63 bits per heavy atom. The van der Waals surface area contributed by atoms with E-state index in [1.165, 1.54) is 0 Å². The van der Waals surface area contributed by atoms with Gasteiger partial charge in [-0.15, -0.1) is 0 Å². The molecule has 1 aliphatic rings. The smallest absolute Gasteiger partial charge is 0.168 e. The summed E-state index contributed by atoms with van der Waals surface area (Å²) in [5.41, 5.74) is 2.81. The molecule has 1 aliphatic carbocycles. The van der Waals surface area contributed by atoms with E-state index in [1.54, 1.807) is 6.92 Å². The number of nitrogens with zero attached hydrogens (tertiary/aromatic N) is 1. The van der Waals surface area contributed by atoms with E-state index in [0.717, 1.165) is 22.0 Å². The zero-order valence-corrected chi connectivity index (χ0v) is 15.2. The van der Waals surface area contributed by atoms with Gasteiger partial charge in [0, 0.05) is 12.8 Å². The summed E-state index contributed by atoms with van der Waals surface area (Å²) in [5.74, 6) is 0.118. The minimum atomic E-state index is -0.0466. The van der Waals surface area contributed by atoms with Crippen LogP contribution in [0.3, 0.4) is 0 Å². The van der Waals surface area contributed by atoms with Gasteiger partial charge in [0.25, 0.3) is 0 Å². The van der Waals surface area contributed by atoms with Gasteiger partial charge in [-0.25, -0.2) is 0 Å². The first-order valence-corrected chi connectivity index (χ1v) is 9.16. The molecule has 0 amide bonds. The van der Waals surface area contributed by atoms with Crippen molar-refractivity contribution in [2.24, 2.45) is 4.99 Å². The number of benzene rings is 3. The van der Waals surface area contributed by atoms with E-state index in [4.69, 9.17) is 0 Å². The first-order chi connectivity index (χ1) is 13.1. The Kier molecular flexibility index (Phi) is 4.59. The summed E-state index contributed by atoms with van der Waals surface area (Å²) in [6.45, 7) is 1.79. The lowest BCUT2D eigenvalue weighted by atomic mass is 9.81. The molecule has 134 valence electrons. The van der Waals surface area contributed by atoms with Crippen molar-refractivity contribution in [3.05, 3.63) is 89.7 Å². The van der Waals surface area contributed by atoms with E-state index in [2.05, 4.69) is 11.1 Å². The zero-order valence-electron chi connectivity index (χ0n) is 15.2. The lowest BCUT2D eigenvalue weighted by Crippen LogP contribution is -2.22. The summed E-state index contributed by atoms with van der Waals surface area (Å²) >= 11 is 0. The maximum atomic E-state index is 12.7. The van der Waals surface area contributed by atoms with Crippen molar-refractivity contribution in [3.63, 3.8) is 0 Å². The standard InChI is InChI=1S/C24H21NO2/c1-16(25-21-12-11-18-9-5-6-10-19(18)13-21)24-22(26)14-20(15-23(24)27)17-7-3-2-4-8-17/h2-13,20,26H,14-15H2,1H3. The maximum absolute atomic E-state index is 12.7. The molecule has 1 N–H and O–H groups in total. The SMILES string of the molecule is CC(=Nc1ccc2ccccc2c1)C1=C(O)CC(c2ccccc2)CC1=O. The molecule has 0 bridgehead atoms. The van der Waals surface area contributed by atoms with Crippen LogP contribution in [0.25, 0.3) is 10.8 Å². The van der Waals surface area contributed by atoms with E-state index in [-0.39, 0.29) is 17.5 Å². The molecule has 1 unspecified atom stereocenters. The average molecular weight is 355 g/mol. The summed E-state index contributed by atoms with van der Waals surface area (Å²) < 4.78 is 0. The minimum absolute atomic E-state index is 0.0240. The number of aliphatic imine (C=N–C) groups is 1. The molecular weight excluding hydrogens is 334 g/mol. The van der Waals surface area contributed by atoms with Crippen molar-refractivity contribution < 1.29 is 9.90 Å². The number of allylic oxidation sites excluding steroid dienone is 2. The van der Waals surface area contributed by atoms with Crippen LogP contribution in [0.2, 0.25) is 0 Å². The van der Waals surface area contributed by atoms with Crippen LogP contribution in [-0.4, -0.2) is 16.6 Å². The molecule has 0 saturated heterocycles. The fourth-order valence-corrected chi connectivity index (χ4v) is 3.76. The lowest BCUT2D eigenvalue weighted by Gasteiger charge is -2.23. The third kappa shape index (κ3) is 3.54. The van der Waals surface area contributed by atoms with Gasteiger partial charge in [0.15, 0.2) is 5.78 Å². The van der Waals surface area contributed by atoms with Crippen molar-refractivity contribution >= 4 is 28.0 Å². The molecule has 0 heterocycles. The Bertz CT molecular complexity index is 1060. The van der Waals surface area contributed by atoms with Crippen LogP contribution in [-0.2, 0) is 4.79 Å². The van der Waals surface area contributed by atoms with Crippen LogP contribution >= 0.6 is 0 Å². The van der Waals surface area contributed by atoms with E-state index in [0.29, 0.717) is 24.1 Å². The molecule has 3 aromatic rings. The number of ketones is 1. The molecule has 1 atom stereocenters. The summed E-state index contributed by atoms with van der Waals surface area (Å²) in [7, 11) is 0. The molecule has 3 nitrogen and oxygen atoms in total. The Balaban J connectivity index is 1.64. The maximum Gasteiger partial charge on any atom is 0.168 e. The second-order valence-corrected chi connectivity index (χ2v) is 6.99. The van der Waals surface area contributed by atoms with Crippen LogP contribution in [0.15, 0.2) is 89.1 Å². The summed E-state index contributed by atoms with van der Waals surface area (Å²) in [6.07, 6.45) is 0.865. The van der Waals surface area contributed by atoms with Crippen molar-refractivity contribution in [1.29, 1.82) is 0 Å². The van der Waals surface area contributed by atoms with Crippen LogP contribution in [0, 0.1) is 0 Å². The van der Waals surface area contributed by atoms with E-state index in [9.17, 15) is 9.90 Å². The average Bonchev–Trinajstić information content (AvgIpc) is 2.68. The normalized spacial score (nSPS) is 18.2. The van der Waals surface area contributed by atoms with Gasteiger partial charge < -0.3 is 5.11 Å². The molecule has 0 fully saturated rings. The highest BCUT2D eigenvalue weighted by atomic mass is 16.3. The third-order valence-electron chi connectivity index (χ3n) is 5.10. The Morgan fingerprint density at radius 3 is 2.37 bits per heavy atom. The number of Topliss-reactive ketones (excluding diaryl/α,β-unsaturated/α-hetero) is 1. The number of carbonyl (C=O) groups is 1. The van der Waals surface area contributed by atoms with Gasteiger partial charge in [0.2, 0.25) is 0 Å². The molecular formula is C24H21NO2. The third-order valence-corrected chi connectivity index (χ3v) is 5.10. The molecule has 4 rings (SSSR count). The number of rotatable bonds is 3. The summed E-state index contributed by atoms with van der Waals surface area (Å²) in [6, 6.07) is 23.9. The Hall–Kier alpha value is -3.20. The number of aliphatic hydroxyl groups is 1.